The maximum Gasteiger partial charge on any atom is 0.409 e. The average molecular weight is 485 g/mol. The molecule has 1 aromatic heterocycles. The lowest BCUT2D eigenvalue weighted by atomic mass is 10.0. The van der Waals surface area contributed by atoms with Gasteiger partial charge in [-0.2, -0.15) is 0 Å². The van der Waals surface area contributed by atoms with Crippen LogP contribution in [0.2, 0.25) is 0 Å². The summed E-state index contributed by atoms with van der Waals surface area (Å²) in [6.07, 6.45) is -0.637. The van der Waals surface area contributed by atoms with E-state index in [1.807, 2.05) is 0 Å². The summed E-state index contributed by atoms with van der Waals surface area (Å²) in [6, 6.07) is -0.981. The Hall–Kier alpha value is -3.33. The second kappa shape index (κ2) is 9.44. The second-order valence-electron chi connectivity index (χ2n) is 6.76. The van der Waals surface area contributed by atoms with Crippen LogP contribution in [-0.4, -0.2) is 94.5 Å². The number of ether oxygens (including phenoxy) is 1. The largest absolute Gasteiger partial charge is 0.477 e. The molecule has 4 N–H and O–H groups in total. The maximum absolute atomic E-state index is 12.7. The zero-order chi connectivity index (χ0) is 23.6. The minimum absolute atomic E-state index is 0.169. The lowest BCUT2D eigenvalue weighted by molar-refractivity contribution is -0.150. The third-order valence-electron chi connectivity index (χ3n) is 4.43. The number of carboxylic acid groups (broad SMARTS) is 1. The predicted octanol–water partition coefficient (Wildman–Crippen LogP) is -0.487. The molecule has 2 atom stereocenters. The molecule has 1 aromatic rings. The van der Waals surface area contributed by atoms with Gasteiger partial charge >= 0.3 is 12.1 Å². The first-order valence-electron chi connectivity index (χ1n) is 9.03. The zero-order valence-corrected chi connectivity index (χ0v) is 18.9. The Morgan fingerprint density at radius 3 is 2.72 bits per heavy atom. The van der Waals surface area contributed by atoms with Gasteiger partial charge in [0.1, 0.15) is 36.5 Å². The number of hydrogen-bond acceptors (Lipinski definition) is 11. The summed E-state index contributed by atoms with van der Waals surface area (Å²) >= 11 is 2.35. The van der Waals surface area contributed by atoms with Gasteiger partial charge in [0.05, 0.1) is 0 Å². The fraction of sp³-hybridized carbons (Fsp3) is 0.412. The Labute approximate surface area is 190 Å². The van der Waals surface area contributed by atoms with E-state index < -0.39 is 35.3 Å². The molecule has 3 rings (SSSR count). The van der Waals surface area contributed by atoms with Crippen molar-refractivity contribution in [2.45, 2.75) is 11.4 Å². The number of nitrogens with two attached hydrogens (primary N) is 1. The number of rotatable bonds is 7. The molecule has 2 aliphatic rings. The topological polar surface area (TPSA) is 177 Å². The van der Waals surface area contributed by atoms with E-state index in [0.29, 0.717) is 0 Å². The van der Waals surface area contributed by atoms with Crippen molar-refractivity contribution in [1.82, 2.24) is 20.1 Å². The van der Waals surface area contributed by atoms with Crippen molar-refractivity contribution in [3.63, 3.8) is 0 Å². The van der Waals surface area contributed by atoms with Gasteiger partial charge in [-0.3, -0.25) is 14.5 Å². The minimum atomic E-state index is -1.33. The number of fused-ring (bicyclic) bond motifs is 1. The molecule has 0 saturated carbocycles. The van der Waals surface area contributed by atoms with Crippen molar-refractivity contribution in [2.75, 3.05) is 39.3 Å². The summed E-state index contributed by atoms with van der Waals surface area (Å²) in [5.74, 6) is -2.46. The highest BCUT2D eigenvalue weighted by Gasteiger charge is 2.54. The summed E-state index contributed by atoms with van der Waals surface area (Å²) in [4.78, 5) is 59.9. The third-order valence-corrected chi connectivity index (χ3v) is 6.45. The van der Waals surface area contributed by atoms with Crippen molar-refractivity contribution in [3.8, 4) is 0 Å². The van der Waals surface area contributed by atoms with E-state index >= 15 is 0 Å². The molecule has 1 unspecified atom stereocenters. The van der Waals surface area contributed by atoms with Crippen LogP contribution in [0.5, 0.6) is 0 Å². The summed E-state index contributed by atoms with van der Waals surface area (Å²) in [7, 11) is 4.24. The molecule has 15 heteroatoms. The number of hydrogen-bond donors (Lipinski definition) is 3. The normalized spacial score (nSPS) is 20.3. The van der Waals surface area contributed by atoms with Crippen LogP contribution < -0.4 is 11.1 Å². The molecule has 172 valence electrons. The molecule has 0 spiro atoms. The van der Waals surface area contributed by atoms with Gasteiger partial charge in [-0.25, -0.2) is 14.6 Å². The highest BCUT2D eigenvalue weighted by atomic mass is 32.2. The van der Waals surface area contributed by atoms with E-state index in [0.717, 1.165) is 16.2 Å². The standard InChI is InChI=1S/C17H20N6O7S2/c1-22(2)17(28)30-4-7-5-31-14-10(13(25)23(14)11(7)15(26)27)20-12(24)9(21-29-3)8-6-32-16(18)19-8/h6,10,14H,4-5H2,1-3H3,(H2,18,19)(H,20,24)(H,26,27)/t10?,14-/m0/s1. The van der Waals surface area contributed by atoms with Gasteiger partial charge in [-0.15, -0.1) is 23.1 Å². The SMILES string of the molecule is CON=C(C(=O)NC1C(=O)N2C(C(=O)O)=C(COC(=O)N(C)C)CS[C@@H]12)c1csc(N)n1. The van der Waals surface area contributed by atoms with Crippen LogP contribution in [0.15, 0.2) is 21.8 Å². The number of carbonyl (C=O) groups excluding carboxylic acids is 3. The number of carboxylic acids is 1. The Morgan fingerprint density at radius 2 is 2.16 bits per heavy atom. The van der Waals surface area contributed by atoms with Gasteiger partial charge in [0.2, 0.25) is 0 Å². The van der Waals surface area contributed by atoms with Gasteiger partial charge in [0, 0.05) is 30.8 Å². The van der Waals surface area contributed by atoms with Crippen molar-refractivity contribution >= 4 is 57.8 Å². The van der Waals surface area contributed by atoms with E-state index in [9.17, 15) is 24.3 Å². The lowest BCUT2D eigenvalue weighted by Gasteiger charge is -2.49. The highest BCUT2D eigenvalue weighted by Crippen LogP contribution is 2.40. The Kier molecular flexibility index (Phi) is 6.88. The van der Waals surface area contributed by atoms with E-state index in [4.69, 9.17) is 15.3 Å². The predicted molar refractivity (Wildman–Crippen MR) is 115 cm³/mol. The van der Waals surface area contributed by atoms with E-state index in [2.05, 4.69) is 15.5 Å². The molecule has 3 amide bonds. The second-order valence-corrected chi connectivity index (χ2v) is 8.76. The molecular weight excluding hydrogens is 464 g/mol. The monoisotopic (exact) mass is 484 g/mol. The van der Waals surface area contributed by atoms with E-state index in [1.165, 1.54) is 43.2 Å². The molecule has 1 fully saturated rings. The third kappa shape index (κ3) is 4.47. The number of nitrogens with one attached hydrogen (secondary N) is 1. The molecule has 0 radical (unpaired) electrons. The minimum Gasteiger partial charge on any atom is -0.477 e. The number of oxime groups is 1. The van der Waals surface area contributed by atoms with Crippen LogP contribution >= 0.6 is 23.1 Å². The molecular formula is C17H20N6O7S2. The lowest BCUT2D eigenvalue weighted by Crippen LogP contribution is -2.71. The van der Waals surface area contributed by atoms with E-state index in [1.54, 1.807) is 0 Å². The molecule has 0 aliphatic carbocycles. The highest BCUT2D eigenvalue weighted by molar-refractivity contribution is 8.00. The number of nitrogen functional groups attached to an aromatic ring is 1. The molecule has 13 nitrogen and oxygen atoms in total. The number of nitrogens with zero attached hydrogens (tertiary/aromatic N) is 4. The maximum atomic E-state index is 12.7. The van der Waals surface area contributed by atoms with Crippen molar-refractivity contribution in [1.29, 1.82) is 0 Å². The number of anilines is 1. The summed E-state index contributed by atoms with van der Waals surface area (Å²) in [6.45, 7) is -0.269. The fourth-order valence-corrected chi connectivity index (χ4v) is 4.85. The first kappa shape index (κ1) is 23.3. The molecule has 0 bridgehead atoms. The van der Waals surface area contributed by atoms with Crippen LogP contribution in [-0.2, 0) is 24.0 Å². The van der Waals surface area contributed by atoms with Crippen LogP contribution in [0.3, 0.4) is 0 Å². The van der Waals surface area contributed by atoms with Crippen molar-refractivity contribution in [3.05, 3.63) is 22.3 Å². The smallest absolute Gasteiger partial charge is 0.409 e. The Morgan fingerprint density at radius 1 is 1.44 bits per heavy atom. The molecule has 0 aromatic carbocycles. The summed E-state index contributed by atoms with van der Waals surface area (Å²) in [5.41, 5.74) is 5.64. The average Bonchev–Trinajstić information content (AvgIpc) is 3.18. The van der Waals surface area contributed by atoms with Gasteiger partial charge in [0.25, 0.3) is 11.8 Å². The number of carbonyl (C=O) groups is 4. The quantitative estimate of drug-likeness (QED) is 0.260. The number of thioether (sulfide) groups is 1. The number of aliphatic carboxylic acids is 1. The van der Waals surface area contributed by atoms with Gasteiger partial charge < -0.3 is 30.6 Å². The van der Waals surface area contributed by atoms with Gasteiger partial charge in [0.15, 0.2) is 10.8 Å². The summed E-state index contributed by atoms with van der Waals surface area (Å²) < 4.78 is 5.07. The molecule has 2 aliphatic heterocycles. The number of thiazole rings is 1. The van der Waals surface area contributed by atoms with Crippen LogP contribution in [0.25, 0.3) is 0 Å². The molecule has 1 saturated heterocycles. The fourth-order valence-electron chi connectivity index (χ4n) is 2.97. The van der Waals surface area contributed by atoms with Crippen LogP contribution in [0, 0.1) is 0 Å². The number of β-lactam (4-membered cyclic amide) rings is 1. The number of amides is 3. The zero-order valence-electron chi connectivity index (χ0n) is 17.2. The van der Waals surface area contributed by atoms with Crippen LogP contribution in [0.1, 0.15) is 5.69 Å². The van der Waals surface area contributed by atoms with Crippen molar-refractivity contribution in [2.24, 2.45) is 5.16 Å². The summed E-state index contributed by atoms with van der Waals surface area (Å²) in [5, 5.41) is 17.0. The van der Waals surface area contributed by atoms with E-state index in [-0.39, 0.29) is 40.2 Å². The van der Waals surface area contributed by atoms with Gasteiger partial charge in [-0.1, -0.05) is 5.16 Å². The first-order chi connectivity index (χ1) is 15.1. The van der Waals surface area contributed by atoms with Crippen LogP contribution in [0.4, 0.5) is 9.93 Å². The Balaban J connectivity index is 1.75. The number of aromatic nitrogens is 1. The Bertz CT molecular complexity index is 1020. The van der Waals surface area contributed by atoms with Crippen molar-refractivity contribution < 1.29 is 33.9 Å². The molecule has 32 heavy (non-hydrogen) atoms. The molecule has 3 heterocycles. The van der Waals surface area contributed by atoms with Gasteiger partial charge in [-0.05, 0) is 0 Å². The first-order valence-corrected chi connectivity index (χ1v) is 11.0.